The van der Waals surface area contributed by atoms with Crippen molar-refractivity contribution in [2.24, 2.45) is 5.92 Å². The fraction of sp³-hybridized carbons (Fsp3) is 0.500. The zero-order chi connectivity index (χ0) is 19.1. The van der Waals surface area contributed by atoms with E-state index >= 15 is 0 Å². The fourth-order valence-corrected chi connectivity index (χ4v) is 5.05. The van der Waals surface area contributed by atoms with Crippen molar-refractivity contribution in [1.82, 2.24) is 15.1 Å². The lowest BCUT2D eigenvalue weighted by molar-refractivity contribution is -0.134. The number of amides is 1. The largest absolute Gasteiger partial charge is 0.493 e. The minimum atomic E-state index is 0.0131. The van der Waals surface area contributed by atoms with Crippen LogP contribution in [-0.4, -0.2) is 53.8 Å². The van der Waals surface area contributed by atoms with E-state index in [1.807, 2.05) is 24.3 Å². The van der Waals surface area contributed by atoms with Crippen LogP contribution >= 0.6 is 0 Å². The molecule has 28 heavy (non-hydrogen) atoms. The number of fused-ring (bicyclic) bond motifs is 2. The van der Waals surface area contributed by atoms with E-state index in [9.17, 15) is 4.79 Å². The Labute approximate surface area is 165 Å². The first kappa shape index (κ1) is 17.5. The van der Waals surface area contributed by atoms with E-state index in [0.29, 0.717) is 18.6 Å². The molecule has 2 aromatic rings. The van der Waals surface area contributed by atoms with Crippen molar-refractivity contribution in [3.8, 4) is 5.75 Å². The second-order valence-electron chi connectivity index (χ2n) is 8.26. The van der Waals surface area contributed by atoms with Crippen LogP contribution in [0.15, 0.2) is 42.6 Å². The molecule has 1 spiro atoms. The van der Waals surface area contributed by atoms with Gasteiger partial charge < -0.3 is 14.5 Å². The number of benzene rings is 1. The van der Waals surface area contributed by atoms with Crippen molar-refractivity contribution in [3.63, 3.8) is 0 Å². The molecule has 5 rings (SSSR count). The molecule has 6 heteroatoms. The number of likely N-dealkylation sites (tertiary alicyclic amines) is 1. The summed E-state index contributed by atoms with van der Waals surface area (Å²) in [5.41, 5.74) is 1.25. The molecular weight excluding hydrogens is 352 g/mol. The predicted octanol–water partition coefficient (Wildman–Crippen LogP) is 2.64. The van der Waals surface area contributed by atoms with Crippen molar-refractivity contribution < 1.29 is 9.53 Å². The number of carbonyl (C=O) groups is 1. The molecule has 0 bridgehead atoms. The fourth-order valence-electron chi connectivity index (χ4n) is 5.05. The molecular formula is C22H26N4O2. The Morgan fingerprint density at radius 1 is 1.21 bits per heavy atom. The molecule has 3 heterocycles. The third-order valence-electron chi connectivity index (χ3n) is 6.85. The first-order valence-electron chi connectivity index (χ1n) is 10.2. The average Bonchev–Trinajstić information content (AvgIpc) is 3.48. The molecule has 1 saturated carbocycles. The summed E-state index contributed by atoms with van der Waals surface area (Å²) in [4.78, 5) is 17.5. The number of rotatable bonds is 3. The zero-order valence-electron chi connectivity index (χ0n) is 16.3. The van der Waals surface area contributed by atoms with Crippen LogP contribution in [0.1, 0.15) is 31.2 Å². The molecule has 0 radical (unpaired) electrons. The summed E-state index contributed by atoms with van der Waals surface area (Å²) in [5, 5.41) is 8.18. The van der Waals surface area contributed by atoms with Gasteiger partial charge in [0.2, 0.25) is 5.91 Å². The van der Waals surface area contributed by atoms with Gasteiger partial charge in [-0.3, -0.25) is 4.79 Å². The van der Waals surface area contributed by atoms with Crippen molar-refractivity contribution in [1.29, 1.82) is 0 Å². The number of piperidine rings is 1. The third kappa shape index (κ3) is 2.82. The second kappa shape index (κ2) is 6.76. The monoisotopic (exact) mass is 378 g/mol. The smallest absolute Gasteiger partial charge is 0.226 e. The predicted molar refractivity (Wildman–Crippen MR) is 106 cm³/mol. The number of anilines is 1. The first-order valence-corrected chi connectivity index (χ1v) is 10.2. The van der Waals surface area contributed by atoms with Gasteiger partial charge in [-0.1, -0.05) is 18.2 Å². The molecule has 1 aliphatic carbocycles. The quantitative estimate of drug-likeness (QED) is 0.822. The van der Waals surface area contributed by atoms with Crippen molar-refractivity contribution in [2.45, 2.75) is 37.1 Å². The Balaban J connectivity index is 1.23. The van der Waals surface area contributed by atoms with E-state index in [1.165, 1.54) is 5.56 Å². The standard InChI is InChI=1S/C22H26N4O2/c1-25(20-7-4-11-23-24-20)16-8-12-26(13-9-16)21(27)18-15-22(18)10-14-28-19-6-3-2-5-17(19)22/h2-7,11,16,18H,8-10,12-15H2,1H3/t18-,22-/m0/s1. The van der Waals surface area contributed by atoms with E-state index in [4.69, 9.17) is 4.74 Å². The normalized spacial score (nSPS) is 26.5. The SMILES string of the molecule is CN(c1cccnn1)C1CCN(C(=O)[C@@H]2C[C@]23CCOc2ccccc23)CC1. The minimum Gasteiger partial charge on any atom is -0.493 e. The lowest BCUT2D eigenvalue weighted by Crippen LogP contribution is -2.47. The Hall–Kier alpha value is -2.63. The molecule has 0 N–H and O–H groups in total. The maximum absolute atomic E-state index is 13.2. The molecule has 146 valence electrons. The first-order chi connectivity index (χ1) is 13.7. The Morgan fingerprint density at radius 3 is 2.82 bits per heavy atom. The van der Waals surface area contributed by atoms with Gasteiger partial charge in [0.1, 0.15) is 5.75 Å². The highest BCUT2D eigenvalue weighted by Gasteiger charge is 2.61. The summed E-state index contributed by atoms with van der Waals surface area (Å²) in [7, 11) is 2.07. The minimum absolute atomic E-state index is 0.0131. The second-order valence-corrected chi connectivity index (χ2v) is 8.26. The van der Waals surface area contributed by atoms with E-state index < -0.39 is 0 Å². The number of hydrogen-bond donors (Lipinski definition) is 0. The summed E-state index contributed by atoms with van der Waals surface area (Å²) < 4.78 is 5.81. The lowest BCUT2D eigenvalue weighted by Gasteiger charge is -2.37. The van der Waals surface area contributed by atoms with Crippen LogP contribution in [0.5, 0.6) is 5.75 Å². The van der Waals surface area contributed by atoms with Gasteiger partial charge in [-0.05, 0) is 43.9 Å². The molecule has 2 atom stereocenters. The molecule has 0 unspecified atom stereocenters. The number of carbonyl (C=O) groups excluding carboxylic acids is 1. The van der Waals surface area contributed by atoms with Crippen LogP contribution in [-0.2, 0) is 10.2 Å². The number of para-hydroxylation sites is 1. The zero-order valence-corrected chi connectivity index (χ0v) is 16.3. The topological polar surface area (TPSA) is 58.6 Å². The van der Waals surface area contributed by atoms with Gasteiger partial charge in [0.25, 0.3) is 0 Å². The molecule has 1 aromatic carbocycles. The summed E-state index contributed by atoms with van der Waals surface area (Å²) in [5.74, 6) is 2.31. The Kier molecular flexibility index (Phi) is 4.22. The van der Waals surface area contributed by atoms with Crippen molar-refractivity contribution in [2.75, 3.05) is 31.6 Å². The summed E-state index contributed by atoms with van der Waals surface area (Å²) >= 11 is 0. The molecule has 2 fully saturated rings. The Morgan fingerprint density at radius 2 is 2.04 bits per heavy atom. The van der Waals surface area contributed by atoms with Crippen LogP contribution in [0.3, 0.4) is 0 Å². The number of ether oxygens (including phenoxy) is 1. The number of aromatic nitrogens is 2. The maximum atomic E-state index is 13.2. The molecule has 2 aliphatic heterocycles. The third-order valence-corrected chi connectivity index (χ3v) is 6.85. The molecule has 1 aromatic heterocycles. The van der Waals surface area contributed by atoms with Gasteiger partial charge in [-0.2, -0.15) is 5.10 Å². The molecule has 3 aliphatic rings. The van der Waals surface area contributed by atoms with Gasteiger partial charge in [-0.15, -0.1) is 5.10 Å². The molecule has 6 nitrogen and oxygen atoms in total. The summed E-state index contributed by atoms with van der Waals surface area (Å²) in [6.45, 7) is 2.35. The lowest BCUT2D eigenvalue weighted by atomic mass is 9.87. The highest BCUT2D eigenvalue weighted by molar-refractivity contribution is 5.85. The molecule has 1 saturated heterocycles. The van der Waals surface area contributed by atoms with Crippen LogP contribution in [0, 0.1) is 5.92 Å². The average molecular weight is 378 g/mol. The van der Waals surface area contributed by atoms with Crippen LogP contribution in [0.2, 0.25) is 0 Å². The highest BCUT2D eigenvalue weighted by atomic mass is 16.5. The highest BCUT2D eigenvalue weighted by Crippen LogP contribution is 2.61. The number of hydrogen-bond acceptors (Lipinski definition) is 5. The van der Waals surface area contributed by atoms with Gasteiger partial charge >= 0.3 is 0 Å². The molecule has 1 amide bonds. The Bertz CT molecular complexity index is 866. The van der Waals surface area contributed by atoms with Gasteiger partial charge in [-0.25, -0.2) is 0 Å². The van der Waals surface area contributed by atoms with Crippen molar-refractivity contribution in [3.05, 3.63) is 48.2 Å². The number of nitrogens with zero attached hydrogens (tertiary/aromatic N) is 4. The van der Waals surface area contributed by atoms with Crippen LogP contribution in [0.4, 0.5) is 5.82 Å². The van der Waals surface area contributed by atoms with E-state index in [0.717, 1.165) is 50.3 Å². The maximum Gasteiger partial charge on any atom is 0.226 e. The summed E-state index contributed by atoms with van der Waals surface area (Å²) in [6.07, 6.45) is 5.55. The van der Waals surface area contributed by atoms with E-state index in [1.54, 1.807) is 6.20 Å². The summed E-state index contributed by atoms with van der Waals surface area (Å²) in [6, 6.07) is 12.5. The van der Waals surface area contributed by atoms with Gasteiger partial charge in [0.15, 0.2) is 5.82 Å². The van der Waals surface area contributed by atoms with Crippen LogP contribution in [0.25, 0.3) is 0 Å². The van der Waals surface area contributed by atoms with Gasteiger partial charge in [0.05, 0.1) is 6.61 Å². The van der Waals surface area contributed by atoms with Crippen molar-refractivity contribution >= 4 is 11.7 Å². The van der Waals surface area contributed by atoms with E-state index in [2.05, 4.69) is 39.2 Å². The van der Waals surface area contributed by atoms with Gasteiger partial charge in [0, 0.05) is 49.3 Å². The van der Waals surface area contributed by atoms with E-state index in [-0.39, 0.29) is 11.3 Å². The van der Waals surface area contributed by atoms with Crippen LogP contribution < -0.4 is 9.64 Å².